The molecule has 0 aliphatic carbocycles. The first kappa shape index (κ1) is 42.3. The summed E-state index contributed by atoms with van der Waals surface area (Å²) in [6.07, 6.45) is 20.8. The molecule has 0 amide bonds. The molecule has 0 aromatic rings. The van der Waals surface area contributed by atoms with Gasteiger partial charge in [-0.25, -0.2) is 0 Å². The lowest BCUT2D eigenvalue weighted by Gasteiger charge is -2.28. The molecule has 0 heterocycles. The van der Waals surface area contributed by atoms with E-state index in [1.165, 1.54) is 0 Å². The second kappa shape index (κ2) is 30.0. The summed E-state index contributed by atoms with van der Waals surface area (Å²) in [4.78, 5) is 48.0. The summed E-state index contributed by atoms with van der Waals surface area (Å²) in [5.74, 6) is -1.48. The zero-order chi connectivity index (χ0) is 33.4. The molecule has 45 heavy (non-hydrogen) atoms. The molecule has 260 valence electrons. The highest BCUT2D eigenvalue weighted by Crippen LogP contribution is 2.19. The third-order valence-electron chi connectivity index (χ3n) is 7.15. The molecule has 0 aromatic heterocycles. The fourth-order valence-corrected chi connectivity index (χ4v) is 4.06. The molecule has 0 fully saturated rings. The molecular formula is C35H60O10. The molecule has 0 saturated heterocycles. The number of ether oxygens (including phenoxy) is 4. The first-order chi connectivity index (χ1) is 21.8. The fraction of sp³-hybridized carbons (Fsp3) is 0.771. The van der Waals surface area contributed by atoms with Crippen molar-refractivity contribution in [3.05, 3.63) is 24.3 Å². The number of allylic oxidation sites excluding steroid dienone is 2. The summed E-state index contributed by atoms with van der Waals surface area (Å²) in [5.41, 5.74) is -1.30. The van der Waals surface area contributed by atoms with E-state index in [1.807, 2.05) is 12.2 Å². The van der Waals surface area contributed by atoms with E-state index in [9.17, 15) is 29.4 Å². The van der Waals surface area contributed by atoms with Gasteiger partial charge in [0.25, 0.3) is 0 Å². The second-order valence-electron chi connectivity index (χ2n) is 11.5. The van der Waals surface area contributed by atoms with Crippen LogP contribution in [0.25, 0.3) is 0 Å². The molecule has 10 nitrogen and oxygen atoms in total. The van der Waals surface area contributed by atoms with Crippen molar-refractivity contribution in [2.24, 2.45) is 5.41 Å². The van der Waals surface area contributed by atoms with Gasteiger partial charge in [-0.15, -0.1) is 0 Å². The van der Waals surface area contributed by atoms with Crippen LogP contribution in [0, 0.1) is 5.41 Å². The zero-order valence-corrected chi connectivity index (χ0v) is 27.9. The number of esters is 4. The van der Waals surface area contributed by atoms with E-state index in [-0.39, 0.29) is 38.0 Å². The summed E-state index contributed by atoms with van der Waals surface area (Å²) < 4.78 is 20.9. The van der Waals surface area contributed by atoms with Crippen LogP contribution >= 0.6 is 0 Å². The largest absolute Gasteiger partial charge is 0.465 e. The average molecular weight is 641 g/mol. The molecule has 0 atom stereocenters. The summed E-state index contributed by atoms with van der Waals surface area (Å²) in [6, 6.07) is 0. The lowest BCUT2D eigenvalue weighted by molar-refractivity contribution is -0.159. The molecule has 2 N–H and O–H groups in total. The summed E-state index contributed by atoms with van der Waals surface area (Å²) >= 11 is 0. The second-order valence-corrected chi connectivity index (χ2v) is 11.5. The minimum Gasteiger partial charge on any atom is -0.465 e. The minimum absolute atomic E-state index is 0.133. The van der Waals surface area contributed by atoms with Crippen molar-refractivity contribution in [1.82, 2.24) is 0 Å². The highest BCUT2D eigenvalue weighted by atomic mass is 16.6. The average Bonchev–Trinajstić information content (AvgIpc) is 3.04. The van der Waals surface area contributed by atoms with Crippen molar-refractivity contribution in [2.45, 2.75) is 129 Å². The molecule has 0 spiro atoms. The number of aliphatic hydroxyl groups excluding tert-OH is 2. The van der Waals surface area contributed by atoms with Gasteiger partial charge in [-0.2, -0.15) is 0 Å². The van der Waals surface area contributed by atoms with Crippen molar-refractivity contribution in [3.63, 3.8) is 0 Å². The van der Waals surface area contributed by atoms with Gasteiger partial charge in [-0.05, 0) is 51.4 Å². The van der Waals surface area contributed by atoms with Gasteiger partial charge in [0, 0.05) is 25.7 Å². The number of unbranched alkanes of at least 4 members (excludes halogenated alkanes) is 8. The normalized spacial score (nSPS) is 11.6. The van der Waals surface area contributed by atoms with Crippen molar-refractivity contribution in [3.8, 4) is 0 Å². The van der Waals surface area contributed by atoms with Gasteiger partial charge in [0.15, 0.2) is 0 Å². The Morgan fingerprint density at radius 2 is 0.822 bits per heavy atom. The molecule has 0 bridgehead atoms. The van der Waals surface area contributed by atoms with Crippen molar-refractivity contribution < 1.29 is 48.3 Å². The first-order valence-electron chi connectivity index (χ1n) is 17.0. The Hall–Kier alpha value is -2.72. The summed E-state index contributed by atoms with van der Waals surface area (Å²) in [5, 5.41) is 19.6. The predicted octanol–water partition coefficient (Wildman–Crippen LogP) is 6.30. The van der Waals surface area contributed by atoms with Gasteiger partial charge in [0.05, 0.1) is 31.8 Å². The van der Waals surface area contributed by atoms with Crippen LogP contribution in [0.1, 0.15) is 129 Å². The summed E-state index contributed by atoms with van der Waals surface area (Å²) in [7, 11) is 0. The van der Waals surface area contributed by atoms with Crippen LogP contribution in [0.4, 0.5) is 0 Å². The smallest absolute Gasteiger partial charge is 0.305 e. The number of carbonyl (C=O) groups is 4. The third kappa shape index (κ3) is 26.2. The van der Waals surface area contributed by atoms with Crippen LogP contribution in [0.3, 0.4) is 0 Å². The fourth-order valence-electron chi connectivity index (χ4n) is 4.06. The van der Waals surface area contributed by atoms with E-state index in [4.69, 9.17) is 18.9 Å². The molecule has 0 aliphatic rings. The monoisotopic (exact) mass is 640 g/mol. The van der Waals surface area contributed by atoms with Gasteiger partial charge in [0.1, 0.15) is 13.2 Å². The van der Waals surface area contributed by atoms with E-state index < -0.39 is 30.6 Å². The number of hydrogen-bond donors (Lipinski definition) is 2. The maximum atomic E-state index is 12.2. The number of aliphatic hydroxyl groups is 2. The van der Waals surface area contributed by atoms with Gasteiger partial charge >= 0.3 is 23.9 Å². The molecule has 0 aliphatic heterocycles. The van der Waals surface area contributed by atoms with Crippen LogP contribution in [-0.4, -0.2) is 73.7 Å². The highest BCUT2D eigenvalue weighted by molar-refractivity contribution is 5.70. The Labute approximate surface area is 270 Å². The van der Waals surface area contributed by atoms with Gasteiger partial charge in [-0.1, -0.05) is 76.7 Å². The molecular weight excluding hydrogens is 580 g/mol. The van der Waals surface area contributed by atoms with Crippen LogP contribution in [0.5, 0.6) is 0 Å². The van der Waals surface area contributed by atoms with Crippen LogP contribution in [-0.2, 0) is 38.1 Å². The van der Waals surface area contributed by atoms with E-state index in [0.29, 0.717) is 77.4 Å². The van der Waals surface area contributed by atoms with Crippen molar-refractivity contribution in [2.75, 3.05) is 39.6 Å². The molecule has 0 rings (SSSR count). The Morgan fingerprint density at radius 1 is 0.489 bits per heavy atom. The maximum absolute atomic E-state index is 12.2. The number of hydrogen-bond acceptors (Lipinski definition) is 10. The van der Waals surface area contributed by atoms with Crippen molar-refractivity contribution in [1.29, 1.82) is 0 Å². The molecule has 0 saturated carbocycles. The number of carbonyl (C=O) groups excluding carboxylic acids is 4. The van der Waals surface area contributed by atoms with E-state index in [0.717, 1.165) is 38.5 Å². The molecule has 10 heteroatoms. The van der Waals surface area contributed by atoms with Crippen molar-refractivity contribution >= 4 is 23.9 Å². The Balaban J connectivity index is 4.01. The minimum atomic E-state index is -1.30. The third-order valence-corrected chi connectivity index (χ3v) is 7.15. The van der Waals surface area contributed by atoms with Crippen LogP contribution in [0.15, 0.2) is 24.3 Å². The Kier molecular flexibility index (Phi) is 28.2. The SMILES string of the molecule is CCCC/C=C\CCOC(=O)CCCCCC(=O)OCC(CO)(CO)COC(=O)CCCCCC(=O)OCC/C=C\CCCC. The standard InChI is InChI=1S/C35H60O10/c1-3-5-7-9-11-19-25-42-31(38)21-15-13-17-23-33(40)44-29-35(27-36,28-37)30-45-34(41)24-18-14-16-22-32(39)43-26-20-12-10-8-6-4-2/h9-12,36-37H,3-8,13-30H2,1-2H3/b11-9-,12-10-. The Morgan fingerprint density at radius 3 is 1.16 bits per heavy atom. The van der Waals surface area contributed by atoms with Crippen LogP contribution in [0.2, 0.25) is 0 Å². The van der Waals surface area contributed by atoms with Gasteiger partial charge in [0.2, 0.25) is 0 Å². The van der Waals surface area contributed by atoms with Gasteiger partial charge in [-0.3, -0.25) is 19.2 Å². The zero-order valence-electron chi connectivity index (χ0n) is 27.9. The lowest BCUT2D eigenvalue weighted by Crippen LogP contribution is -2.41. The summed E-state index contributed by atoms with van der Waals surface area (Å²) in [6.45, 7) is 3.39. The lowest BCUT2D eigenvalue weighted by atomic mass is 9.92. The molecule has 0 radical (unpaired) electrons. The predicted molar refractivity (Wildman–Crippen MR) is 173 cm³/mol. The van der Waals surface area contributed by atoms with Gasteiger partial charge < -0.3 is 29.2 Å². The Bertz CT molecular complexity index is 768. The topological polar surface area (TPSA) is 146 Å². The quantitative estimate of drug-likeness (QED) is 0.0397. The highest BCUT2D eigenvalue weighted by Gasteiger charge is 2.33. The van der Waals surface area contributed by atoms with E-state index >= 15 is 0 Å². The van der Waals surface area contributed by atoms with E-state index in [1.54, 1.807) is 0 Å². The molecule has 0 aromatic carbocycles. The van der Waals surface area contributed by atoms with E-state index in [2.05, 4.69) is 26.0 Å². The maximum Gasteiger partial charge on any atom is 0.305 e. The first-order valence-corrected chi connectivity index (χ1v) is 17.0. The number of rotatable bonds is 30. The van der Waals surface area contributed by atoms with Crippen LogP contribution < -0.4 is 0 Å². The molecule has 0 unspecified atom stereocenters.